The number of hydrogen-bond donors (Lipinski definition) is 1. The van der Waals surface area contributed by atoms with Gasteiger partial charge in [0.15, 0.2) is 0 Å². The van der Waals surface area contributed by atoms with Crippen LogP contribution in [0.25, 0.3) is 0 Å². The Kier molecular flexibility index (Phi) is 5.66. The van der Waals surface area contributed by atoms with E-state index in [0.29, 0.717) is 31.1 Å². The molecule has 0 bridgehead atoms. The summed E-state index contributed by atoms with van der Waals surface area (Å²) >= 11 is 0. The van der Waals surface area contributed by atoms with Gasteiger partial charge < -0.3 is 15.0 Å². The molecule has 29 heavy (non-hydrogen) atoms. The van der Waals surface area contributed by atoms with Gasteiger partial charge in [-0.05, 0) is 24.5 Å². The predicted molar refractivity (Wildman–Crippen MR) is 110 cm³/mol. The standard InChI is InChI=1S/C23H26N4O2/c24-14-18-8-9-21(25-15-18)29-20-10-13-27(16-20)22(28)26-17-23(11-4-5-12-23)19-6-2-1-3-7-19/h1-3,6-9,15,20H,4-5,10-13,16-17H2,(H,26,28). The Morgan fingerprint density at radius 1 is 1.24 bits per heavy atom. The summed E-state index contributed by atoms with van der Waals surface area (Å²) in [7, 11) is 0. The normalized spacial score (nSPS) is 20.2. The number of rotatable bonds is 5. The fourth-order valence-corrected chi connectivity index (χ4v) is 4.46. The molecule has 2 aliphatic rings. The smallest absolute Gasteiger partial charge is 0.317 e. The van der Waals surface area contributed by atoms with Gasteiger partial charge in [-0.15, -0.1) is 0 Å². The zero-order valence-electron chi connectivity index (χ0n) is 16.5. The molecular formula is C23H26N4O2. The summed E-state index contributed by atoms with van der Waals surface area (Å²) in [5.74, 6) is 0.491. The number of hydrogen-bond acceptors (Lipinski definition) is 4. The number of carbonyl (C=O) groups is 1. The van der Waals surface area contributed by atoms with E-state index in [1.165, 1.54) is 24.6 Å². The second kappa shape index (κ2) is 8.52. The molecule has 1 atom stereocenters. The van der Waals surface area contributed by atoms with Gasteiger partial charge in [-0.2, -0.15) is 5.26 Å². The molecule has 1 aromatic heterocycles. The first-order valence-electron chi connectivity index (χ1n) is 10.3. The minimum absolute atomic E-state index is 0.0221. The Hall–Kier alpha value is -3.07. The third kappa shape index (κ3) is 4.34. The molecular weight excluding hydrogens is 364 g/mol. The van der Waals surface area contributed by atoms with Gasteiger partial charge in [0.05, 0.1) is 12.1 Å². The van der Waals surface area contributed by atoms with Crippen LogP contribution in [0.3, 0.4) is 0 Å². The highest BCUT2D eigenvalue weighted by molar-refractivity contribution is 5.74. The average Bonchev–Trinajstić information content (AvgIpc) is 3.44. The van der Waals surface area contributed by atoms with Crippen molar-refractivity contribution in [2.45, 2.75) is 43.6 Å². The van der Waals surface area contributed by atoms with Crippen molar-refractivity contribution in [3.8, 4) is 11.9 Å². The maximum Gasteiger partial charge on any atom is 0.317 e. The van der Waals surface area contributed by atoms with Crippen LogP contribution in [0.4, 0.5) is 4.79 Å². The van der Waals surface area contributed by atoms with Crippen LogP contribution in [0.1, 0.15) is 43.2 Å². The molecule has 1 saturated carbocycles. The van der Waals surface area contributed by atoms with Gasteiger partial charge in [-0.3, -0.25) is 0 Å². The van der Waals surface area contributed by atoms with Crippen LogP contribution in [-0.4, -0.2) is 41.7 Å². The molecule has 1 aliphatic carbocycles. The average molecular weight is 390 g/mol. The van der Waals surface area contributed by atoms with Crippen LogP contribution < -0.4 is 10.1 Å². The molecule has 1 aliphatic heterocycles. The predicted octanol–water partition coefficient (Wildman–Crippen LogP) is 3.63. The largest absolute Gasteiger partial charge is 0.472 e. The van der Waals surface area contributed by atoms with E-state index in [-0.39, 0.29) is 17.6 Å². The lowest BCUT2D eigenvalue weighted by molar-refractivity contribution is 0.181. The van der Waals surface area contributed by atoms with Crippen LogP contribution in [-0.2, 0) is 5.41 Å². The van der Waals surface area contributed by atoms with Gasteiger partial charge in [-0.25, -0.2) is 9.78 Å². The summed E-state index contributed by atoms with van der Waals surface area (Å²) in [4.78, 5) is 18.7. The second-order valence-electron chi connectivity index (χ2n) is 7.98. The number of likely N-dealkylation sites (tertiary alicyclic amines) is 1. The number of urea groups is 1. The number of nitrogens with one attached hydrogen (secondary N) is 1. The number of benzene rings is 1. The van der Waals surface area contributed by atoms with E-state index in [9.17, 15) is 4.79 Å². The highest BCUT2D eigenvalue weighted by atomic mass is 16.5. The van der Waals surface area contributed by atoms with Crippen molar-refractivity contribution in [2.75, 3.05) is 19.6 Å². The number of carbonyl (C=O) groups excluding carboxylic acids is 1. The quantitative estimate of drug-likeness (QED) is 0.846. The minimum atomic E-state index is -0.0734. The molecule has 2 amide bonds. The lowest BCUT2D eigenvalue weighted by Gasteiger charge is -2.31. The molecule has 6 nitrogen and oxygen atoms in total. The topological polar surface area (TPSA) is 78.2 Å². The number of amides is 2. The van der Waals surface area contributed by atoms with E-state index in [1.807, 2.05) is 17.0 Å². The Morgan fingerprint density at radius 3 is 2.72 bits per heavy atom. The van der Waals surface area contributed by atoms with E-state index < -0.39 is 0 Å². The Balaban J connectivity index is 1.31. The van der Waals surface area contributed by atoms with E-state index in [4.69, 9.17) is 10.00 Å². The van der Waals surface area contributed by atoms with Gasteiger partial charge in [0.1, 0.15) is 12.2 Å². The zero-order valence-corrected chi connectivity index (χ0v) is 16.5. The number of nitrogens with zero attached hydrogens (tertiary/aromatic N) is 3. The maximum absolute atomic E-state index is 12.8. The summed E-state index contributed by atoms with van der Waals surface area (Å²) in [6.45, 7) is 1.89. The molecule has 0 spiro atoms. The molecule has 1 N–H and O–H groups in total. The molecule has 1 unspecified atom stereocenters. The van der Waals surface area contributed by atoms with Gasteiger partial charge >= 0.3 is 6.03 Å². The molecule has 1 saturated heterocycles. The lowest BCUT2D eigenvalue weighted by atomic mass is 9.79. The number of nitriles is 1. The zero-order chi connectivity index (χ0) is 20.1. The van der Waals surface area contributed by atoms with Crippen molar-refractivity contribution >= 4 is 6.03 Å². The number of aromatic nitrogens is 1. The van der Waals surface area contributed by atoms with Gasteiger partial charge in [0.25, 0.3) is 0 Å². The molecule has 6 heteroatoms. The maximum atomic E-state index is 12.8. The number of pyridine rings is 1. The molecule has 2 aromatic rings. The highest BCUT2D eigenvalue weighted by Gasteiger charge is 2.37. The van der Waals surface area contributed by atoms with Crippen molar-refractivity contribution in [3.63, 3.8) is 0 Å². The van der Waals surface area contributed by atoms with Gasteiger partial charge in [-0.1, -0.05) is 43.2 Å². The van der Waals surface area contributed by atoms with Crippen molar-refractivity contribution in [1.82, 2.24) is 15.2 Å². The van der Waals surface area contributed by atoms with Crippen LogP contribution in [0.15, 0.2) is 48.7 Å². The molecule has 2 heterocycles. The Morgan fingerprint density at radius 2 is 2.03 bits per heavy atom. The lowest BCUT2D eigenvalue weighted by Crippen LogP contribution is -2.45. The number of ether oxygens (including phenoxy) is 1. The van der Waals surface area contributed by atoms with Crippen LogP contribution in [0.2, 0.25) is 0 Å². The molecule has 4 rings (SSSR count). The second-order valence-corrected chi connectivity index (χ2v) is 7.98. The van der Waals surface area contributed by atoms with E-state index in [1.54, 1.807) is 12.1 Å². The summed E-state index contributed by atoms with van der Waals surface area (Å²) in [5, 5.41) is 12.0. The summed E-state index contributed by atoms with van der Waals surface area (Å²) in [6, 6.07) is 16.0. The van der Waals surface area contributed by atoms with Crippen molar-refractivity contribution in [3.05, 3.63) is 59.8 Å². The Bertz CT molecular complexity index is 870. The first kappa shape index (κ1) is 19.3. The molecule has 1 aromatic carbocycles. The van der Waals surface area contributed by atoms with Gasteiger partial charge in [0.2, 0.25) is 5.88 Å². The monoisotopic (exact) mass is 390 g/mol. The minimum Gasteiger partial charge on any atom is -0.472 e. The summed E-state index contributed by atoms with van der Waals surface area (Å²) in [6.07, 6.45) is 6.86. The fraction of sp³-hybridized carbons (Fsp3) is 0.435. The van der Waals surface area contributed by atoms with Gasteiger partial charge in [0, 0.05) is 37.2 Å². The van der Waals surface area contributed by atoms with Crippen LogP contribution >= 0.6 is 0 Å². The Labute approximate surface area is 171 Å². The third-order valence-corrected chi connectivity index (χ3v) is 6.11. The van der Waals surface area contributed by atoms with Crippen molar-refractivity contribution < 1.29 is 9.53 Å². The van der Waals surface area contributed by atoms with Crippen LogP contribution in [0.5, 0.6) is 5.88 Å². The summed E-state index contributed by atoms with van der Waals surface area (Å²) in [5.41, 5.74) is 1.88. The van der Waals surface area contributed by atoms with E-state index in [0.717, 1.165) is 19.3 Å². The highest BCUT2D eigenvalue weighted by Crippen LogP contribution is 2.40. The summed E-state index contributed by atoms with van der Waals surface area (Å²) < 4.78 is 5.88. The molecule has 0 radical (unpaired) electrons. The van der Waals surface area contributed by atoms with E-state index in [2.05, 4.69) is 34.6 Å². The molecule has 150 valence electrons. The first-order valence-corrected chi connectivity index (χ1v) is 10.3. The first-order chi connectivity index (χ1) is 14.2. The van der Waals surface area contributed by atoms with Crippen molar-refractivity contribution in [1.29, 1.82) is 5.26 Å². The fourth-order valence-electron chi connectivity index (χ4n) is 4.46. The van der Waals surface area contributed by atoms with Crippen LogP contribution in [0, 0.1) is 11.3 Å². The molecule has 2 fully saturated rings. The third-order valence-electron chi connectivity index (χ3n) is 6.11. The SMILES string of the molecule is N#Cc1ccc(OC2CCN(C(=O)NCC3(c4ccccc4)CCCC3)C2)nc1. The van der Waals surface area contributed by atoms with E-state index >= 15 is 0 Å². The van der Waals surface area contributed by atoms with Crippen molar-refractivity contribution in [2.24, 2.45) is 0 Å².